The maximum atomic E-state index is 12.7. The van der Waals surface area contributed by atoms with Crippen molar-refractivity contribution in [2.24, 2.45) is 4.99 Å². The number of carbonyl (C=O) groups is 1. The Kier molecular flexibility index (Phi) is 6.31. The number of amides is 1. The Bertz CT molecular complexity index is 1050. The molecular weight excluding hydrogens is 443 g/mol. The lowest BCUT2D eigenvalue weighted by molar-refractivity contribution is -0.115. The second-order valence-corrected chi connectivity index (χ2v) is 9.33. The maximum Gasteiger partial charge on any atom is 0.277 e. The quantitative estimate of drug-likeness (QED) is 0.346. The number of thioether (sulfide) groups is 2. The molecule has 0 fully saturated rings. The number of carbonyl (C=O) groups excluding carboxylic acids is 1. The fraction of sp³-hybridized carbons (Fsp3) is 0. The Hall–Kier alpha value is -2.18. The first-order chi connectivity index (χ1) is 14.1. The van der Waals surface area contributed by atoms with Gasteiger partial charge in [-0.25, -0.2) is 4.99 Å². The lowest BCUT2D eigenvalue weighted by atomic mass is 10.2. The van der Waals surface area contributed by atoms with Crippen LogP contribution >= 0.6 is 46.7 Å². The fourth-order valence-electron chi connectivity index (χ4n) is 2.57. The van der Waals surface area contributed by atoms with Gasteiger partial charge in [-0.3, -0.25) is 4.79 Å². The highest BCUT2D eigenvalue weighted by Gasteiger charge is 2.26. The molecule has 0 unspecified atom stereocenters. The third kappa shape index (κ3) is 5.06. The summed E-state index contributed by atoms with van der Waals surface area (Å²) in [6.07, 6.45) is 0. The molecule has 1 N–H and O–H groups in total. The minimum absolute atomic E-state index is 0.221. The van der Waals surface area contributed by atoms with Gasteiger partial charge < -0.3 is 5.32 Å². The molecule has 0 radical (unpaired) electrons. The van der Waals surface area contributed by atoms with Crippen LogP contribution < -0.4 is 5.32 Å². The van der Waals surface area contributed by atoms with Crippen LogP contribution in [0.25, 0.3) is 0 Å². The molecule has 0 spiro atoms. The van der Waals surface area contributed by atoms with Crippen molar-refractivity contribution < 1.29 is 4.79 Å². The predicted molar refractivity (Wildman–Crippen MR) is 123 cm³/mol. The summed E-state index contributed by atoms with van der Waals surface area (Å²) in [5.41, 5.74) is 1.26. The van der Waals surface area contributed by atoms with Crippen LogP contribution in [0.15, 0.2) is 104 Å². The summed E-state index contributed by atoms with van der Waals surface area (Å²) in [7, 11) is 0. The van der Waals surface area contributed by atoms with Crippen molar-refractivity contribution in [1.29, 1.82) is 0 Å². The van der Waals surface area contributed by atoms with E-state index in [1.54, 1.807) is 0 Å². The van der Waals surface area contributed by atoms with Gasteiger partial charge in [0.1, 0.15) is 5.84 Å². The van der Waals surface area contributed by atoms with Crippen molar-refractivity contribution in [3.05, 3.63) is 104 Å². The van der Waals surface area contributed by atoms with Crippen LogP contribution in [0.2, 0.25) is 10.0 Å². The minimum Gasteiger partial charge on any atom is -0.305 e. The van der Waals surface area contributed by atoms with E-state index in [1.165, 1.54) is 23.5 Å². The number of benzene rings is 3. The molecule has 1 heterocycles. The molecule has 144 valence electrons. The van der Waals surface area contributed by atoms with E-state index in [4.69, 9.17) is 23.2 Å². The maximum absolute atomic E-state index is 12.7. The Balaban J connectivity index is 1.73. The summed E-state index contributed by atoms with van der Waals surface area (Å²) < 4.78 is 0.776. The Labute approximate surface area is 187 Å². The van der Waals surface area contributed by atoms with Gasteiger partial charge in [0.15, 0.2) is 5.70 Å². The number of halogens is 2. The molecule has 0 bridgehead atoms. The SMILES string of the molecule is O=C1NC(c2ccccc2)=NC1=C(Sc1ccc(Cl)cc1)Sc1ccc(Cl)cc1. The van der Waals surface area contributed by atoms with Gasteiger partial charge in [-0.05, 0) is 48.5 Å². The van der Waals surface area contributed by atoms with E-state index in [1.807, 2.05) is 78.9 Å². The van der Waals surface area contributed by atoms with Gasteiger partial charge in [-0.15, -0.1) is 0 Å². The topological polar surface area (TPSA) is 41.5 Å². The van der Waals surface area contributed by atoms with Gasteiger partial charge in [0.05, 0.1) is 4.24 Å². The summed E-state index contributed by atoms with van der Waals surface area (Å²) in [4.78, 5) is 19.3. The highest BCUT2D eigenvalue weighted by Crippen LogP contribution is 2.42. The third-order valence-corrected chi connectivity index (χ3v) is 6.74. The minimum atomic E-state index is -0.221. The molecule has 1 aliphatic rings. The number of amidine groups is 1. The number of hydrogen-bond acceptors (Lipinski definition) is 4. The first-order valence-electron chi connectivity index (χ1n) is 8.65. The van der Waals surface area contributed by atoms with Crippen LogP contribution in [0.4, 0.5) is 0 Å². The number of hydrogen-bond donors (Lipinski definition) is 1. The van der Waals surface area contributed by atoms with E-state index in [0.29, 0.717) is 21.6 Å². The van der Waals surface area contributed by atoms with E-state index in [2.05, 4.69) is 10.3 Å². The van der Waals surface area contributed by atoms with Gasteiger partial charge in [-0.1, -0.05) is 77.1 Å². The highest BCUT2D eigenvalue weighted by molar-refractivity contribution is 8.22. The molecule has 7 heteroatoms. The largest absolute Gasteiger partial charge is 0.305 e. The molecular formula is C22H14Cl2N2OS2. The third-order valence-electron chi connectivity index (χ3n) is 3.96. The average molecular weight is 457 g/mol. The summed E-state index contributed by atoms with van der Waals surface area (Å²) in [6.45, 7) is 0. The van der Waals surface area contributed by atoms with Crippen molar-refractivity contribution >= 4 is 58.5 Å². The van der Waals surface area contributed by atoms with E-state index < -0.39 is 0 Å². The molecule has 1 amide bonds. The Morgan fingerprint density at radius 1 is 0.759 bits per heavy atom. The van der Waals surface area contributed by atoms with E-state index in [9.17, 15) is 4.79 Å². The number of rotatable bonds is 5. The second-order valence-electron chi connectivity index (χ2n) is 6.03. The summed E-state index contributed by atoms with van der Waals surface area (Å²) >= 11 is 15.0. The van der Waals surface area contributed by atoms with Gasteiger partial charge in [0.2, 0.25) is 0 Å². The first-order valence-corrected chi connectivity index (χ1v) is 11.0. The molecule has 1 aliphatic heterocycles. The number of aliphatic imine (C=N–C) groups is 1. The molecule has 4 rings (SSSR count). The van der Waals surface area contributed by atoms with E-state index >= 15 is 0 Å². The number of nitrogens with one attached hydrogen (secondary N) is 1. The van der Waals surface area contributed by atoms with Crippen molar-refractivity contribution in [2.75, 3.05) is 0 Å². The van der Waals surface area contributed by atoms with Crippen LogP contribution in [0.3, 0.4) is 0 Å². The molecule has 3 aromatic rings. The first kappa shape index (κ1) is 20.1. The summed E-state index contributed by atoms with van der Waals surface area (Å²) in [6, 6.07) is 24.6. The Morgan fingerprint density at radius 3 is 1.79 bits per heavy atom. The zero-order valence-electron chi connectivity index (χ0n) is 14.9. The lowest BCUT2D eigenvalue weighted by Crippen LogP contribution is -2.24. The van der Waals surface area contributed by atoms with E-state index in [-0.39, 0.29) is 5.91 Å². The van der Waals surface area contributed by atoms with Crippen molar-refractivity contribution in [3.8, 4) is 0 Å². The van der Waals surface area contributed by atoms with Gasteiger partial charge in [0.25, 0.3) is 5.91 Å². The van der Waals surface area contributed by atoms with Crippen molar-refractivity contribution in [3.63, 3.8) is 0 Å². The molecule has 0 aliphatic carbocycles. The van der Waals surface area contributed by atoms with Gasteiger partial charge in [0, 0.05) is 25.4 Å². The van der Waals surface area contributed by atoms with E-state index in [0.717, 1.165) is 19.6 Å². The molecule has 0 saturated heterocycles. The normalized spacial score (nSPS) is 13.2. The Morgan fingerprint density at radius 2 is 1.28 bits per heavy atom. The predicted octanol–water partition coefficient (Wildman–Crippen LogP) is 6.62. The zero-order valence-corrected chi connectivity index (χ0v) is 18.1. The van der Waals surface area contributed by atoms with Crippen LogP contribution in [-0.2, 0) is 4.79 Å². The summed E-state index contributed by atoms with van der Waals surface area (Å²) in [5, 5.41) is 4.20. The molecule has 0 saturated carbocycles. The monoisotopic (exact) mass is 456 g/mol. The number of nitrogens with zero attached hydrogens (tertiary/aromatic N) is 1. The standard InChI is InChI=1S/C22H14Cl2N2OS2/c23-15-6-10-17(11-7-15)28-22(29-18-12-8-16(24)9-13-18)19-21(27)26-20(25-19)14-4-2-1-3-5-14/h1-13H,(H,25,26,27). The second kappa shape index (κ2) is 9.09. The molecule has 29 heavy (non-hydrogen) atoms. The lowest BCUT2D eigenvalue weighted by Gasteiger charge is -2.09. The smallest absolute Gasteiger partial charge is 0.277 e. The van der Waals surface area contributed by atoms with Crippen LogP contribution in [0, 0.1) is 0 Å². The van der Waals surface area contributed by atoms with Crippen molar-refractivity contribution in [2.45, 2.75) is 9.79 Å². The fourth-order valence-corrected chi connectivity index (χ4v) is 5.00. The molecule has 3 aromatic carbocycles. The van der Waals surface area contributed by atoms with Crippen LogP contribution in [0.1, 0.15) is 5.56 Å². The van der Waals surface area contributed by atoms with Gasteiger partial charge >= 0.3 is 0 Å². The molecule has 0 aromatic heterocycles. The molecule has 3 nitrogen and oxygen atoms in total. The van der Waals surface area contributed by atoms with Crippen LogP contribution in [-0.4, -0.2) is 11.7 Å². The summed E-state index contributed by atoms with van der Waals surface area (Å²) in [5.74, 6) is 0.332. The van der Waals surface area contributed by atoms with Crippen molar-refractivity contribution in [1.82, 2.24) is 5.32 Å². The zero-order chi connectivity index (χ0) is 20.2. The average Bonchev–Trinajstić information content (AvgIpc) is 3.13. The highest BCUT2D eigenvalue weighted by atomic mass is 35.5. The van der Waals surface area contributed by atoms with Gasteiger partial charge in [-0.2, -0.15) is 0 Å². The molecule has 0 atom stereocenters. The van der Waals surface area contributed by atoms with Crippen LogP contribution in [0.5, 0.6) is 0 Å².